The standard InChI is InChI=1S/C16H14ClNO/c1-19-16-5-3-2-4-13(16)11-18-9-8-12-10-14(17)6-7-15(12)18/h2-10H,11H2,1H3. The zero-order valence-electron chi connectivity index (χ0n) is 10.6. The van der Waals surface area contributed by atoms with Crippen molar-refractivity contribution in [3.05, 3.63) is 65.3 Å². The summed E-state index contributed by atoms with van der Waals surface area (Å²) in [7, 11) is 1.70. The van der Waals surface area contributed by atoms with Crippen LogP contribution < -0.4 is 4.74 Å². The molecule has 0 aliphatic rings. The molecule has 0 bridgehead atoms. The summed E-state index contributed by atoms with van der Waals surface area (Å²) in [6.07, 6.45) is 2.08. The van der Waals surface area contributed by atoms with E-state index >= 15 is 0 Å². The van der Waals surface area contributed by atoms with Gasteiger partial charge in [-0.05, 0) is 30.3 Å². The minimum Gasteiger partial charge on any atom is -0.496 e. The predicted molar refractivity (Wildman–Crippen MR) is 79.0 cm³/mol. The molecule has 2 aromatic carbocycles. The Morgan fingerprint density at radius 3 is 2.79 bits per heavy atom. The van der Waals surface area contributed by atoms with E-state index in [1.807, 2.05) is 36.4 Å². The maximum Gasteiger partial charge on any atom is 0.123 e. The second kappa shape index (κ2) is 4.98. The maximum atomic E-state index is 6.01. The number of ether oxygens (including phenoxy) is 1. The molecule has 0 spiro atoms. The van der Waals surface area contributed by atoms with Crippen molar-refractivity contribution >= 4 is 22.5 Å². The Labute approximate surface area is 117 Å². The summed E-state index contributed by atoms with van der Waals surface area (Å²) < 4.78 is 7.59. The molecule has 19 heavy (non-hydrogen) atoms. The molecule has 0 aliphatic heterocycles. The molecular weight excluding hydrogens is 258 g/mol. The highest BCUT2D eigenvalue weighted by molar-refractivity contribution is 6.31. The normalized spacial score (nSPS) is 10.8. The Hall–Kier alpha value is -1.93. The number of halogens is 1. The molecule has 0 unspecified atom stereocenters. The van der Waals surface area contributed by atoms with Gasteiger partial charge in [0.25, 0.3) is 0 Å². The smallest absolute Gasteiger partial charge is 0.123 e. The maximum absolute atomic E-state index is 6.01. The van der Waals surface area contributed by atoms with Crippen molar-refractivity contribution in [3.8, 4) is 5.75 Å². The van der Waals surface area contributed by atoms with Crippen LogP contribution in [0.2, 0.25) is 5.02 Å². The van der Waals surface area contributed by atoms with Gasteiger partial charge in [-0.15, -0.1) is 0 Å². The fourth-order valence-electron chi connectivity index (χ4n) is 2.33. The van der Waals surface area contributed by atoms with Crippen LogP contribution in [0.25, 0.3) is 10.9 Å². The van der Waals surface area contributed by atoms with E-state index in [1.54, 1.807) is 7.11 Å². The second-order valence-electron chi connectivity index (χ2n) is 4.46. The van der Waals surface area contributed by atoms with E-state index in [-0.39, 0.29) is 0 Å². The van der Waals surface area contributed by atoms with E-state index in [4.69, 9.17) is 16.3 Å². The average Bonchev–Trinajstić information content (AvgIpc) is 2.82. The quantitative estimate of drug-likeness (QED) is 0.691. The first-order valence-corrected chi connectivity index (χ1v) is 6.52. The molecule has 0 aliphatic carbocycles. The summed E-state index contributed by atoms with van der Waals surface area (Å²) in [6.45, 7) is 0.787. The molecule has 0 saturated carbocycles. The minimum atomic E-state index is 0.766. The number of hydrogen-bond donors (Lipinski definition) is 0. The van der Waals surface area contributed by atoms with Crippen molar-refractivity contribution in [2.24, 2.45) is 0 Å². The van der Waals surface area contributed by atoms with Gasteiger partial charge in [-0.2, -0.15) is 0 Å². The minimum absolute atomic E-state index is 0.766. The Morgan fingerprint density at radius 1 is 1.11 bits per heavy atom. The van der Waals surface area contributed by atoms with E-state index in [9.17, 15) is 0 Å². The zero-order valence-corrected chi connectivity index (χ0v) is 11.4. The second-order valence-corrected chi connectivity index (χ2v) is 4.90. The number of aromatic nitrogens is 1. The Kier molecular flexibility index (Phi) is 3.18. The van der Waals surface area contributed by atoms with Crippen molar-refractivity contribution in [1.82, 2.24) is 4.57 Å². The van der Waals surface area contributed by atoms with E-state index < -0.39 is 0 Å². The highest BCUT2D eigenvalue weighted by Crippen LogP contribution is 2.24. The van der Waals surface area contributed by atoms with Crippen LogP contribution in [0.3, 0.4) is 0 Å². The molecule has 1 heterocycles. The molecule has 0 atom stereocenters. The van der Waals surface area contributed by atoms with Gasteiger partial charge >= 0.3 is 0 Å². The highest BCUT2D eigenvalue weighted by atomic mass is 35.5. The van der Waals surface area contributed by atoms with Crippen molar-refractivity contribution in [3.63, 3.8) is 0 Å². The van der Waals surface area contributed by atoms with Gasteiger partial charge in [0.05, 0.1) is 13.7 Å². The predicted octanol–water partition coefficient (Wildman–Crippen LogP) is 4.35. The summed E-state index contributed by atoms with van der Waals surface area (Å²) in [5, 5.41) is 1.92. The van der Waals surface area contributed by atoms with Gasteiger partial charge in [-0.1, -0.05) is 29.8 Å². The summed E-state index contributed by atoms with van der Waals surface area (Å²) >= 11 is 6.01. The summed E-state index contributed by atoms with van der Waals surface area (Å²) in [5.74, 6) is 0.915. The van der Waals surface area contributed by atoms with Gasteiger partial charge < -0.3 is 9.30 Å². The Morgan fingerprint density at radius 2 is 1.95 bits per heavy atom. The lowest BCUT2D eigenvalue weighted by Crippen LogP contribution is -2.00. The molecule has 3 aromatic rings. The molecule has 1 aromatic heterocycles. The molecule has 0 saturated heterocycles. The molecule has 2 nitrogen and oxygen atoms in total. The van der Waals surface area contributed by atoms with Gasteiger partial charge in [0.2, 0.25) is 0 Å². The first-order chi connectivity index (χ1) is 9.28. The van der Waals surface area contributed by atoms with Crippen LogP contribution in [0.1, 0.15) is 5.56 Å². The lowest BCUT2D eigenvalue weighted by Gasteiger charge is -2.10. The van der Waals surface area contributed by atoms with Crippen molar-refractivity contribution in [1.29, 1.82) is 0 Å². The monoisotopic (exact) mass is 271 g/mol. The topological polar surface area (TPSA) is 14.2 Å². The van der Waals surface area contributed by atoms with Gasteiger partial charge in [0, 0.05) is 27.7 Å². The van der Waals surface area contributed by atoms with Gasteiger partial charge in [-0.25, -0.2) is 0 Å². The van der Waals surface area contributed by atoms with Crippen LogP contribution in [-0.2, 0) is 6.54 Å². The number of rotatable bonds is 3. The van der Waals surface area contributed by atoms with Crippen LogP contribution >= 0.6 is 11.6 Å². The SMILES string of the molecule is COc1ccccc1Cn1ccc2cc(Cl)ccc21. The van der Waals surface area contributed by atoms with Crippen LogP contribution in [-0.4, -0.2) is 11.7 Å². The number of fused-ring (bicyclic) bond motifs is 1. The third-order valence-corrected chi connectivity index (χ3v) is 3.50. The number of nitrogens with zero attached hydrogens (tertiary/aromatic N) is 1. The van der Waals surface area contributed by atoms with Gasteiger partial charge in [0.15, 0.2) is 0 Å². The Balaban J connectivity index is 2.01. The van der Waals surface area contributed by atoms with Crippen LogP contribution in [0.5, 0.6) is 5.75 Å². The fraction of sp³-hybridized carbons (Fsp3) is 0.125. The summed E-state index contributed by atoms with van der Waals surface area (Å²) in [6, 6.07) is 16.1. The van der Waals surface area contributed by atoms with E-state index in [0.29, 0.717) is 0 Å². The van der Waals surface area contributed by atoms with E-state index in [0.717, 1.165) is 28.3 Å². The summed E-state index contributed by atoms with van der Waals surface area (Å²) in [5.41, 5.74) is 2.34. The number of methoxy groups -OCH3 is 1. The Bertz CT molecular complexity index is 718. The molecular formula is C16H14ClNO. The molecule has 0 amide bonds. The third-order valence-electron chi connectivity index (χ3n) is 3.27. The van der Waals surface area contributed by atoms with Crippen LogP contribution in [0.4, 0.5) is 0 Å². The largest absolute Gasteiger partial charge is 0.496 e. The zero-order chi connectivity index (χ0) is 13.2. The van der Waals surface area contributed by atoms with E-state index in [1.165, 1.54) is 5.52 Å². The fourth-order valence-corrected chi connectivity index (χ4v) is 2.51. The molecule has 0 fully saturated rings. The first kappa shape index (κ1) is 12.1. The van der Waals surface area contributed by atoms with E-state index in [2.05, 4.69) is 22.9 Å². The number of para-hydroxylation sites is 1. The lowest BCUT2D eigenvalue weighted by atomic mass is 10.2. The number of hydrogen-bond acceptors (Lipinski definition) is 1. The summed E-state index contributed by atoms with van der Waals surface area (Å²) in [4.78, 5) is 0. The molecule has 96 valence electrons. The number of benzene rings is 2. The van der Waals surface area contributed by atoms with Gasteiger partial charge in [-0.3, -0.25) is 0 Å². The molecule has 3 heteroatoms. The van der Waals surface area contributed by atoms with Gasteiger partial charge in [0.1, 0.15) is 5.75 Å². The van der Waals surface area contributed by atoms with Crippen LogP contribution in [0, 0.1) is 0 Å². The molecule has 0 N–H and O–H groups in total. The highest BCUT2D eigenvalue weighted by Gasteiger charge is 2.05. The molecule has 0 radical (unpaired) electrons. The van der Waals surface area contributed by atoms with Crippen molar-refractivity contribution in [2.45, 2.75) is 6.54 Å². The van der Waals surface area contributed by atoms with Crippen molar-refractivity contribution < 1.29 is 4.74 Å². The third kappa shape index (κ3) is 2.32. The average molecular weight is 272 g/mol. The molecule has 3 rings (SSSR count). The van der Waals surface area contributed by atoms with Crippen molar-refractivity contribution in [2.75, 3.05) is 7.11 Å². The van der Waals surface area contributed by atoms with Crippen LogP contribution in [0.15, 0.2) is 54.7 Å². The lowest BCUT2D eigenvalue weighted by molar-refractivity contribution is 0.408. The first-order valence-electron chi connectivity index (χ1n) is 6.14.